The zero-order valence-electron chi connectivity index (χ0n) is 10.6. The maximum absolute atomic E-state index is 5.97. The number of hydrogen-bond donors (Lipinski definition) is 1. The summed E-state index contributed by atoms with van der Waals surface area (Å²) < 4.78 is 1.93. The Hall–Kier alpha value is -2.01. The largest absolute Gasteiger partial charge is 0.398 e. The summed E-state index contributed by atoms with van der Waals surface area (Å²) >= 11 is 1.70. The first-order chi connectivity index (χ1) is 9.22. The van der Waals surface area contributed by atoms with E-state index in [-0.39, 0.29) is 0 Å². The maximum atomic E-state index is 5.97. The van der Waals surface area contributed by atoms with Crippen molar-refractivity contribution in [3.8, 4) is 0 Å². The van der Waals surface area contributed by atoms with Crippen LogP contribution in [0.25, 0.3) is 5.78 Å². The van der Waals surface area contributed by atoms with E-state index in [2.05, 4.69) is 23.0 Å². The van der Waals surface area contributed by atoms with Gasteiger partial charge in [-0.05, 0) is 30.7 Å². The van der Waals surface area contributed by atoms with Crippen LogP contribution in [0.3, 0.4) is 0 Å². The lowest BCUT2D eigenvalue weighted by atomic mass is 10.2. The van der Waals surface area contributed by atoms with Crippen molar-refractivity contribution in [1.82, 2.24) is 14.4 Å². The normalized spacial score (nSPS) is 11.0. The quantitative estimate of drug-likeness (QED) is 0.587. The molecule has 0 saturated heterocycles. The van der Waals surface area contributed by atoms with E-state index in [1.165, 1.54) is 5.56 Å². The number of imidazole rings is 1. The Morgan fingerprint density at radius 1 is 1.37 bits per heavy atom. The first kappa shape index (κ1) is 12.0. The first-order valence-corrected chi connectivity index (χ1v) is 6.98. The van der Waals surface area contributed by atoms with Gasteiger partial charge in [-0.3, -0.25) is 4.40 Å². The van der Waals surface area contributed by atoms with Gasteiger partial charge in [-0.1, -0.05) is 6.07 Å². The van der Waals surface area contributed by atoms with E-state index in [1.54, 1.807) is 18.0 Å². The monoisotopic (exact) mass is 270 g/mol. The minimum Gasteiger partial charge on any atom is -0.398 e. The number of anilines is 1. The van der Waals surface area contributed by atoms with Crippen LogP contribution in [0.5, 0.6) is 0 Å². The second-order valence-electron chi connectivity index (χ2n) is 4.39. The highest BCUT2D eigenvalue weighted by atomic mass is 32.2. The molecule has 0 fully saturated rings. The van der Waals surface area contributed by atoms with E-state index in [9.17, 15) is 0 Å². The molecule has 2 aromatic heterocycles. The van der Waals surface area contributed by atoms with Crippen molar-refractivity contribution in [3.63, 3.8) is 0 Å². The van der Waals surface area contributed by atoms with Crippen molar-refractivity contribution < 1.29 is 0 Å². The zero-order valence-corrected chi connectivity index (χ0v) is 11.4. The maximum Gasteiger partial charge on any atom is 0.233 e. The van der Waals surface area contributed by atoms with Crippen LogP contribution < -0.4 is 5.73 Å². The van der Waals surface area contributed by atoms with Gasteiger partial charge in [0.05, 0.1) is 5.69 Å². The van der Waals surface area contributed by atoms with E-state index in [0.29, 0.717) is 0 Å². The lowest BCUT2D eigenvalue weighted by molar-refractivity contribution is 1.11. The Bertz CT molecular complexity index is 687. The van der Waals surface area contributed by atoms with Crippen LogP contribution in [0.15, 0.2) is 47.8 Å². The topological polar surface area (TPSA) is 56.2 Å². The lowest BCUT2D eigenvalue weighted by Gasteiger charge is -2.05. The van der Waals surface area contributed by atoms with Crippen molar-refractivity contribution in [3.05, 3.63) is 54.1 Å². The number of fused-ring (bicyclic) bond motifs is 1. The van der Waals surface area contributed by atoms with Crippen molar-refractivity contribution in [1.29, 1.82) is 0 Å². The number of rotatable bonds is 3. The van der Waals surface area contributed by atoms with E-state index >= 15 is 0 Å². The molecule has 2 heterocycles. The molecule has 5 heteroatoms. The molecule has 0 saturated carbocycles. The summed E-state index contributed by atoms with van der Waals surface area (Å²) in [5.41, 5.74) is 9.01. The number of hydrogen-bond acceptors (Lipinski definition) is 4. The van der Waals surface area contributed by atoms with Gasteiger partial charge in [0.1, 0.15) is 0 Å². The predicted molar refractivity (Wildman–Crippen MR) is 78.1 cm³/mol. The highest BCUT2D eigenvalue weighted by Crippen LogP contribution is 2.28. The fourth-order valence-electron chi connectivity index (χ4n) is 1.87. The van der Waals surface area contributed by atoms with Crippen LogP contribution in [0.4, 0.5) is 5.69 Å². The molecule has 0 atom stereocenters. The molecule has 3 rings (SSSR count). The summed E-state index contributed by atoms with van der Waals surface area (Å²) in [5.74, 6) is 1.52. The highest BCUT2D eigenvalue weighted by Gasteiger charge is 2.05. The lowest BCUT2D eigenvalue weighted by Crippen LogP contribution is -1.90. The second-order valence-corrected chi connectivity index (χ2v) is 5.41. The molecule has 0 spiro atoms. The van der Waals surface area contributed by atoms with Crippen LogP contribution in [0.1, 0.15) is 11.3 Å². The van der Waals surface area contributed by atoms with Gasteiger partial charge >= 0.3 is 0 Å². The van der Waals surface area contributed by atoms with Crippen molar-refractivity contribution in [2.45, 2.75) is 17.6 Å². The number of thioether (sulfide) groups is 1. The third kappa shape index (κ3) is 2.56. The summed E-state index contributed by atoms with van der Waals surface area (Å²) in [5, 5.41) is 0. The van der Waals surface area contributed by atoms with Gasteiger partial charge in [0.25, 0.3) is 0 Å². The average Bonchev–Trinajstić information content (AvgIpc) is 2.82. The van der Waals surface area contributed by atoms with E-state index in [1.807, 2.05) is 35.0 Å². The van der Waals surface area contributed by atoms with Gasteiger partial charge in [-0.15, -0.1) is 11.8 Å². The van der Waals surface area contributed by atoms with Crippen molar-refractivity contribution in [2.75, 3.05) is 5.73 Å². The van der Waals surface area contributed by atoms with Crippen molar-refractivity contribution >= 4 is 23.2 Å². The minimum absolute atomic E-state index is 0.732. The molecule has 0 aliphatic rings. The molecule has 1 aromatic carbocycles. The van der Waals surface area contributed by atoms with Gasteiger partial charge in [-0.2, -0.15) is 0 Å². The zero-order chi connectivity index (χ0) is 13.2. The molecule has 0 unspecified atom stereocenters. The van der Waals surface area contributed by atoms with Gasteiger partial charge in [0.2, 0.25) is 5.78 Å². The molecule has 2 N–H and O–H groups in total. The summed E-state index contributed by atoms with van der Waals surface area (Å²) in [6, 6.07) is 7.97. The molecular weight excluding hydrogens is 256 g/mol. The van der Waals surface area contributed by atoms with Crippen LogP contribution >= 0.6 is 11.8 Å². The molecule has 0 radical (unpaired) electrons. The van der Waals surface area contributed by atoms with E-state index < -0.39 is 0 Å². The summed E-state index contributed by atoms with van der Waals surface area (Å²) in [6.07, 6.45) is 5.70. The Kier molecular flexibility index (Phi) is 3.13. The molecule has 0 amide bonds. The second kappa shape index (κ2) is 4.93. The highest BCUT2D eigenvalue weighted by molar-refractivity contribution is 7.98. The standard InChI is InChI=1S/C14H14N4S/c1-10-3-4-12(15)13(7-10)19-9-11-8-18-6-2-5-16-14(18)17-11/h2-8H,9,15H2,1H3. The summed E-state index contributed by atoms with van der Waals surface area (Å²) in [4.78, 5) is 9.78. The summed E-state index contributed by atoms with van der Waals surface area (Å²) in [7, 11) is 0. The minimum atomic E-state index is 0.732. The third-order valence-electron chi connectivity index (χ3n) is 2.83. The Balaban J connectivity index is 1.80. The molecule has 0 bridgehead atoms. The van der Waals surface area contributed by atoms with Crippen molar-refractivity contribution in [2.24, 2.45) is 0 Å². The van der Waals surface area contributed by atoms with Gasteiger partial charge in [0, 0.05) is 34.9 Å². The Morgan fingerprint density at radius 3 is 3.11 bits per heavy atom. The molecular formula is C14H14N4S. The van der Waals surface area contributed by atoms with Gasteiger partial charge in [-0.25, -0.2) is 9.97 Å². The SMILES string of the molecule is Cc1ccc(N)c(SCc2cn3cccnc3n2)c1. The molecule has 19 heavy (non-hydrogen) atoms. The molecule has 0 aliphatic carbocycles. The molecule has 96 valence electrons. The van der Waals surface area contributed by atoms with Crippen LogP contribution in [0.2, 0.25) is 0 Å². The number of nitrogen functional groups attached to an aromatic ring is 1. The fraction of sp³-hybridized carbons (Fsp3) is 0.143. The number of nitrogens with two attached hydrogens (primary N) is 1. The van der Waals surface area contributed by atoms with Gasteiger partial charge in [0.15, 0.2) is 0 Å². The van der Waals surface area contributed by atoms with Gasteiger partial charge < -0.3 is 5.73 Å². The van der Waals surface area contributed by atoms with Crippen LogP contribution in [-0.4, -0.2) is 14.4 Å². The summed E-state index contributed by atoms with van der Waals surface area (Å²) in [6.45, 7) is 2.07. The van der Waals surface area contributed by atoms with Crippen LogP contribution in [-0.2, 0) is 5.75 Å². The number of aromatic nitrogens is 3. The fourth-order valence-corrected chi connectivity index (χ4v) is 2.81. The third-order valence-corrected chi connectivity index (χ3v) is 3.93. The molecule has 3 aromatic rings. The number of aryl methyl sites for hydroxylation is 1. The Labute approximate surface area is 115 Å². The van der Waals surface area contributed by atoms with E-state index in [0.717, 1.165) is 27.8 Å². The molecule has 0 aliphatic heterocycles. The van der Waals surface area contributed by atoms with Crippen LogP contribution in [0, 0.1) is 6.92 Å². The number of benzene rings is 1. The predicted octanol–water partition coefficient (Wildman–Crippen LogP) is 2.91. The average molecular weight is 270 g/mol. The smallest absolute Gasteiger partial charge is 0.233 e. The molecule has 4 nitrogen and oxygen atoms in total. The van der Waals surface area contributed by atoms with E-state index in [4.69, 9.17) is 5.73 Å². The number of nitrogens with zero attached hydrogens (tertiary/aromatic N) is 3. The first-order valence-electron chi connectivity index (χ1n) is 6.00. The Morgan fingerprint density at radius 2 is 2.26 bits per heavy atom.